The Morgan fingerprint density at radius 2 is 1.09 bits per heavy atom. The first-order valence-corrected chi connectivity index (χ1v) is 22.5. The van der Waals surface area contributed by atoms with Gasteiger partial charge in [-0.05, 0) is 43.7 Å². The number of non-ortho nitro benzene ring substituents is 1. The van der Waals surface area contributed by atoms with Crippen molar-refractivity contribution in [3.8, 4) is 5.75 Å². The highest BCUT2D eigenvalue weighted by Crippen LogP contribution is 2.19. The number of carbonyl (C=O) groups excluding carboxylic acids is 7. The number of hydrogen-bond donors (Lipinski definition) is 4. The van der Waals surface area contributed by atoms with Gasteiger partial charge in [0.05, 0.1) is 104 Å². The Balaban J connectivity index is 1.26. The summed E-state index contributed by atoms with van der Waals surface area (Å²) in [7, 11) is 1.62. The number of benzene rings is 2. The van der Waals surface area contributed by atoms with E-state index >= 15 is 0 Å². The lowest BCUT2D eigenvalue weighted by atomic mass is 10.2. The average molecular weight is 993 g/mol. The number of nitrogens with zero attached hydrogens (tertiary/aromatic N) is 2. The Labute approximate surface area is 404 Å². The SMILES string of the molecule is COCCOCCOCCOCCOCCOCCOCCOCCC(=O)NCC(C(=O)N[C@@H](C)C(=O)N[C@@H](C)C(=O)Nc1ccc(COC(=O)Oc2ccc([N+](=O)[O-])cc2)cc1)N1C(=O)CCC1=O. The van der Waals surface area contributed by atoms with Gasteiger partial charge in [-0.3, -0.25) is 43.8 Å². The van der Waals surface area contributed by atoms with E-state index in [4.69, 9.17) is 47.4 Å². The minimum Gasteiger partial charge on any atom is -0.429 e. The van der Waals surface area contributed by atoms with Crippen LogP contribution in [0.4, 0.5) is 16.2 Å². The van der Waals surface area contributed by atoms with E-state index in [2.05, 4.69) is 21.3 Å². The van der Waals surface area contributed by atoms with Crippen LogP contribution in [0.1, 0.15) is 38.7 Å². The van der Waals surface area contributed by atoms with E-state index in [9.17, 15) is 43.7 Å². The molecule has 0 aliphatic carbocycles. The van der Waals surface area contributed by atoms with E-state index in [1.54, 1.807) is 19.2 Å². The van der Waals surface area contributed by atoms with Crippen molar-refractivity contribution in [2.75, 3.05) is 118 Å². The van der Waals surface area contributed by atoms with E-state index < -0.39 is 71.2 Å². The lowest BCUT2D eigenvalue weighted by Crippen LogP contribution is -2.58. The molecule has 25 nitrogen and oxygen atoms in total. The summed E-state index contributed by atoms with van der Waals surface area (Å²) in [5.41, 5.74) is 0.715. The number of nitrogens with one attached hydrogen (secondary N) is 4. The number of carbonyl (C=O) groups is 7. The molecule has 3 rings (SSSR count). The van der Waals surface area contributed by atoms with E-state index in [1.807, 2.05) is 0 Å². The summed E-state index contributed by atoms with van der Waals surface area (Å²) in [6.45, 7) is 7.98. The second-order valence-electron chi connectivity index (χ2n) is 15.0. The summed E-state index contributed by atoms with van der Waals surface area (Å²) in [5, 5.41) is 20.9. The minimum absolute atomic E-state index is 0.0267. The van der Waals surface area contributed by atoms with Crippen LogP contribution in [-0.2, 0) is 78.0 Å². The number of hydrogen-bond acceptors (Lipinski definition) is 19. The summed E-state index contributed by atoms with van der Waals surface area (Å²) < 4.78 is 52.9. The Morgan fingerprint density at radius 1 is 0.629 bits per heavy atom. The van der Waals surface area contributed by atoms with Crippen LogP contribution < -0.4 is 26.0 Å². The maximum absolute atomic E-state index is 13.4. The first-order chi connectivity index (χ1) is 33.8. The number of nitro benzene ring substituents is 1. The van der Waals surface area contributed by atoms with Gasteiger partial charge in [-0.25, -0.2) is 4.79 Å². The Kier molecular flexibility index (Phi) is 28.4. The van der Waals surface area contributed by atoms with Crippen molar-refractivity contribution in [2.45, 2.75) is 57.8 Å². The second kappa shape index (κ2) is 34.2. The molecule has 25 heteroatoms. The van der Waals surface area contributed by atoms with Crippen molar-refractivity contribution in [1.82, 2.24) is 20.9 Å². The van der Waals surface area contributed by atoms with Crippen LogP contribution in [0.15, 0.2) is 48.5 Å². The molecule has 0 radical (unpaired) electrons. The number of anilines is 1. The van der Waals surface area contributed by atoms with E-state index in [-0.39, 0.29) is 57.1 Å². The molecule has 388 valence electrons. The number of methoxy groups -OCH3 is 1. The molecule has 70 heavy (non-hydrogen) atoms. The number of rotatable bonds is 37. The summed E-state index contributed by atoms with van der Waals surface area (Å²) in [6.07, 6.45) is -1.36. The van der Waals surface area contributed by atoms with E-state index in [1.165, 1.54) is 50.2 Å². The highest BCUT2D eigenvalue weighted by Gasteiger charge is 2.39. The minimum atomic E-state index is -1.45. The fourth-order valence-corrected chi connectivity index (χ4v) is 5.89. The molecule has 1 saturated heterocycles. The summed E-state index contributed by atoms with van der Waals surface area (Å²) >= 11 is 0. The quantitative estimate of drug-likeness (QED) is 0.0184. The maximum atomic E-state index is 13.4. The molecule has 0 bridgehead atoms. The Hall–Kier alpha value is -6.19. The lowest BCUT2D eigenvalue weighted by molar-refractivity contribution is -0.384. The number of amides is 6. The number of likely N-dealkylation sites (tertiary alicyclic amines) is 1. The van der Waals surface area contributed by atoms with Gasteiger partial charge in [0.1, 0.15) is 30.5 Å². The van der Waals surface area contributed by atoms with E-state index in [0.29, 0.717) is 90.5 Å². The van der Waals surface area contributed by atoms with Crippen LogP contribution in [0.25, 0.3) is 0 Å². The van der Waals surface area contributed by atoms with Crippen molar-refractivity contribution >= 4 is 53.0 Å². The standard InChI is InChI=1S/C45H64N6O19/c1-32(42(55)47-33(2)43(56)49-35-6-4-34(5-7-35)31-69-45(58)70-37-10-8-36(9-11-37)51(59)60)48-44(57)38(50-40(53)12-13-41(50)54)30-46-39(52)14-15-62-18-19-64-22-23-66-26-27-68-29-28-67-25-24-65-21-20-63-17-16-61-3/h4-11,32-33,38H,12-31H2,1-3H3,(H,46,52)(H,47,55)(H,48,57)(H,49,56)/t32-,33-,38?/m0/s1. The van der Waals surface area contributed by atoms with Crippen molar-refractivity contribution in [3.63, 3.8) is 0 Å². The molecular weight excluding hydrogens is 929 g/mol. The fourth-order valence-electron chi connectivity index (χ4n) is 5.89. The van der Waals surface area contributed by atoms with Gasteiger partial charge in [-0.2, -0.15) is 0 Å². The Bertz CT molecular complexity index is 1920. The molecule has 6 amide bonds. The zero-order valence-corrected chi connectivity index (χ0v) is 39.6. The highest BCUT2D eigenvalue weighted by atomic mass is 16.7. The molecule has 3 atom stereocenters. The molecule has 2 aromatic carbocycles. The molecular formula is C45H64N6O19. The van der Waals surface area contributed by atoms with Crippen LogP contribution >= 0.6 is 0 Å². The molecule has 0 saturated carbocycles. The molecule has 0 aromatic heterocycles. The van der Waals surface area contributed by atoms with Gasteiger partial charge in [-0.1, -0.05) is 12.1 Å². The first-order valence-electron chi connectivity index (χ1n) is 22.5. The van der Waals surface area contributed by atoms with Gasteiger partial charge in [0, 0.05) is 50.7 Å². The predicted molar refractivity (Wildman–Crippen MR) is 244 cm³/mol. The normalized spacial score (nSPS) is 13.6. The number of nitro groups is 1. The molecule has 1 heterocycles. The summed E-state index contributed by atoms with van der Waals surface area (Å²) in [5.74, 6) is -3.92. The largest absolute Gasteiger partial charge is 0.514 e. The third kappa shape index (κ3) is 23.9. The smallest absolute Gasteiger partial charge is 0.429 e. The maximum Gasteiger partial charge on any atom is 0.514 e. The van der Waals surface area contributed by atoms with Crippen LogP contribution in [0.5, 0.6) is 5.75 Å². The highest BCUT2D eigenvalue weighted by molar-refractivity contribution is 6.06. The fraction of sp³-hybridized carbons (Fsp3) is 0.578. The van der Waals surface area contributed by atoms with Crippen LogP contribution in [0, 0.1) is 10.1 Å². The van der Waals surface area contributed by atoms with Crippen molar-refractivity contribution in [1.29, 1.82) is 0 Å². The molecule has 1 aliphatic heterocycles. The first kappa shape index (κ1) is 58.1. The van der Waals surface area contributed by atoms with Crippen LogP contribution in [0.2, 0.25) is 0 Å². The molecule has 1 fully saturated rings. The molecule has 1 unspecified atom stereocenters. The number of ether oxygens (including phenoxy) is 10. The zero-order valence-electron chi connectivity index (χ0n) is 39.6. The van der Waals surface area contributed by atoms with Gasteiger partial charge in [0.25, 0.3) is 5.69 Å². The van der Waals surface area contributed by atoms with Gasteiger partial charge in [0.15, 0.2) is 0 Å². The third-order valence-electron chi connectivity index (χ3n) is 9.67. The second-order valence-corrected chi connectivity index (χ2v) is 15.0. The molecule has 1 aliphatic rings. The van der Waals surface area contributed by atoms with Gasteiger partial charge < -0.3 is 68.6 Å². The summed E-state index contributed by atoms with van der Waals surface area (Å²) in [4.78, 5) is 100. The molecule has 0 spiro atoms. The molecule has 4 N–H and O–H groups in total. The van der Waals surface area contributed by atoms with Crippen LogP contribution in [-0.4, -0.2) is 182 Å². The predicted octanol–water partition coefficient (Wildman–Crippen LogP) is 1.04. The number of imide groups is 1. The lowest BCUT2D eigenvalue weighted by Gasteiger charge is -2.27. The van der Waals surface area contributed by atoms with Crippen LogP contribution in [0.3, 0.4) is 0 Å². The van der Waals surface area contributed by atoms with E-state index in [0.717, 1.165) is 4.90 Å². The van der Waals surface area contributed by atoms with Crippen molar-refractivity contribution in [2.24, 2.45) is 0 Å². The van der Waals surface area contributed by atoms with Gasteiger partial charge >= 0.3 is 6.16 Å². The summed E-state index contributed by atoms with van der Waals surface area (Å²) in [6, 6.07) is 7.28. The monoisotopic (exact) mass is 992 g/mol. The topological polar surface area (TPSA) is 306 Å². The van der Waals surface area contributed by atoms with Gasteiger partial charge in [0.2, 0.25) is 35.4 Å². The molecule has 2 aromatic rings. The van der Waals surface area contributed by atoms with Crippen molar-refractivity contribution in [3.05, 3.63) is 64.2 Å². The Morgan fingerprint density at radius 3 is 1.57 bits per heavy atom. The average Bonchev–Trinajstić information content (AvgIpc) is 3.67. The van der Waals surface area contributed by atoms with Gasteiger partial charge in [-0.15, -0.1) is 0 Å². The zero-order chi connectivity index (χ0) is 50.9. The van der Waals surface area contributed by atoms with Crippen molar-refractivity contribution < 1.29 is 85.9 Å². The third-order valence-corrected chi connectivity index (χ3v) is 9.67.